The zero-order valence-electron chi connectivity index (χ0n) is 11.7. The Morgan fingerprint density at radius 1 is 1.10 bits per heavy atom. The van der Waals surface area contributed by atoms with Crippen molar-refractivity contribution >= 4 is 34.8 Å². The van der Waals surface area contributed by atoms with Gasteiger partial charge in [0.1, 0.15) is 5.75 Å². The third-order valence-electron chi connectivity index (χ3n) is 2.92. The summed E-state index contributed by atoms with van der Waals surface area (Å²) in [5.74, 6) is 0.894. The van der Waals surface area contributed by atoms with E-state index in [2.05, 4.69) is 17.2 Å². The van der Waals surface area contributed by atoms with Gasteiger partial charge in [-0.25, -0.2) is 4.98 Å². The minimum Gasteiger partial charge on any atom is -0.437 e. The molecule has 0 bridgehead atoms. The van der Waals surface area contributed by atoms with Gasteiger partial charge in [-0.2, -0.15) is 0 Å². The van der Waals surface area contributed by atoms with E-state index in [1.54, 1.807) is 18.2 Å². The van der Waals surface area contributed by atoms with E-state index in [1.165, 1.54) is 0 Å². The monoisotopic (exact) mass is 344 g/mol. The Labute approximate surface area is 139 Å². The van der Waals surface area contributed by atoms with E-state index in [0.29, 0.717) is 26.7 Å². The van der Waals surface area contributed by atoms with Crippen molar-refractivity contribution in [1.82, 2.24) is 10.3 Å². The lowest BCUT2D eigenvalue weighted by Gasteiger charge is -2.11. The molecule has 0 aliphatic carbocycles. The van der Waals surface area contributed by atoms with Gasteiger partial charge in [0.15, 0.2) is 0 Å². The highest BCUT2D eigenvalue weighted by atomic mass is 35.5. The van der Waals surface area contributed by atoms with Crippen molar-refractivity contribution in [2.45, 2.75) is 20.4 Å². The van der Waals surface area contributed by atoms with Crippen LogP contribution >= 0.6 is 34.8 Å². The first kappa shape index (κ1) is 16.4. The highest BCUT2D eigenvalue weighted by Crippen LogP contribution is 2.36. The molecule has 0 saturated heterocycles. The molecule has 1 aromatic carbocycles. The van der Waals surface area contributed by atoms with Crippen LogP contribution in [0.15, 0.2) is 24.3 Å². The molecule has 0 radical (unpaired) electrons. The molecule has 0 spiro atoms. The maximum absolute atomic E-state index is 6.09. The first-order valence-corrected chi connectivity index (χ1v) is 7.64. The average molecular weight is 346 g/mol. The number of pyridine rings is 1. The normalized spacial score (nSPS) is 10.7. The lowest BCUT2D eigenvalue weighted by atomic mass is 10.2. The van der Waals surface area contributed by atoms with Crippen molar-refractivity contribution in [3.05, 3.63) is 50.6 Å². The lowest BCUT2D eigenvalue weighted by molar-refractivity contribution is 0.461. The van der Waals surface area contributed by atoms with Crippen LogP contribution in [0.1, 0.15) is 18.2 Å². The maximum atomic E-state index is 6.09. The fourth-order valence-corrected chi connectivity index (χ4v) is 2.34. The minimum absolute atomic E-state index is 0.386. The van der Waals surface area contributed by atoms with Crippen LogP contribution in [-0.2, 0) is 6.54 Å². The van der Waals surface area contributed by atoms with Gasteiger partial charge >= 0.3 is 0 Å². The number of hydrogen-bond acceptors (Lipinski definition) is 3. The topological polar surface area (TPSA) is 34.1 Å². The Morgan fingerprint density at radius 3 is 2.48 bits per heavy atom. The number of aromatic nitrogens is 1. The zero-order valence-corrected chi connectivity index (χ0v) is 14.0. The summed E-state index contributed by atoms with van der Waals surface area (Å²) in [7, 11) is 0. The molecule has 0 aliphatic rings. The van der Waals surface area contributed by atoms with Crippen LogP contribution < -0.4 is 10.1 Å². The van der Waals surface area contributed by atoms with Crippen molar-refractivity contribution < 1.29 is 4.74 Å². The number of aryl methyl sites for hydroxylation is 1. The lowest BCUT2D eigenvalue weighted by Crippen LogP contribution is -2.13. The second kappa shape index (κ2) is 7.32. The number of rotatable bonds is 5. The summed E-state index contributed by atoms with van der Waals surface area (Å²) < 4.78 is 5.68. The fourth-order valence-electron chi connectivity index (χ4n) is 1.77. The molecule has 112 valence electrons. The summed E-state index contributed by atoms with van der Waals surface area (Å²) in [5, 5.41) is 4.43. The van der Waals surface area contributed by atoms with Gasteiger partial charge < -0.3 is 10.1 Å². The number of hydrogen-bond donors (Lipinski definition) is 1. The van der Waals surface area contributed by atoms with Gasteiger partial charge in [-0.3, -0.25) is 0 Å². The van der Waals surface area contributed by atoms with Crippen molar-refractivity contribution in [3.63, 3.8) is 0 Å². The van der Waals surface area contributed by atoms with Gasteiger partial charge in [0.05, 0.1) is 15.1 Å². The summed E-state index contributed by atoms with van der Waals surface area (Å²) in [6.07, 6.45) is 0. The van der Waals surface area contributed by atoms with Crippen LogP contribution in [0.5, 0.6) is 11.6 Å². The molecular formula is C15H15Cl3N2O. The molecule has 0 atom stereocenters. The highest BCUT2D eigenvalue weighted by Gasteiger charge is 2.10. The summed E-state index contributed by atoms with van der Waals surface area (Å²) in [5.41, 5.74) is 2.04. The Morgan fingerprint density at radius 2 is 1.81 bits per heavy atom. The Hall–Kier alpha value is -1.000. The van der Waals surface area contributed by atoms with Crippen LogP contribution in [0.4, 0.5) is 0 Å². The summed E-state index contributed by atoms with van der Waals surface area (Å²) >= 11 is 17.9. The van der Waals surface area contributed by atoms with Gasteiger partial charge in [-0.1, -0.05) is 47.8 Å². The summed E-state index contributed by atoms with van der Waals surface area (Å²) in [6.45, 7) is 5.70. The molecule has 0 amide bonds. The van der Waals surface area contributed by atoms with E-state index in [9.17, 15) is 0 Å². The second-order valence-corrected chi connectivity index (χ2v) is 5.69. The second-order valence-electron chi connectivity index (χ2n) is 4.47. The van der Waals surface area contributed by atoms with Crippen molar-refractivity contribution in [3.8, 4) is 11.6 Å². The van der Waals surface area contributed by atoms with Gasteiger partial charge in [-0.05, 0) is 25.1 Å². The van der Waals surface area contributed by atoms with Crippen LogP contribution in [0, 0.1) is 6.92 Å². The molecule has 1 heterocycles. The van der Waals surface area contributed by atoms with Crippen LogP contribution in [0.2, 0.25) is 15.1 Å². The molecule has 0 aliphatic heterocycles. The van der Waals surface area contributed by atoms with E-state index >= 15 is 0 Å². The molecule has 2 rings (SSSR count). The van der Waals surface area contributed by atoms with Crippen LogP contribution in [0.25, 0.3) is 0 Å². The zero-order chi connectivity index (χ0) is 15.4. The molecule has 1 N–H and O–H groups in total. The summed E-state index contributed by atoms with van der Waals surface area (Å²) in [4.78, 5) is 4.42. The molecular weight excluding hydrogens is 331 g/mol. The van der Waals surface area contributed by atoms with Crippen molar-refractivity contribution in [2.75, 3.05) is 6.54 Å². The average Bonchev–Trinajstić information content (AvgIpc) is 2.44. The number of benzene rings is 1. The van der Waals surface area contributed by atoms with Gasteiger partial charge in [-0.15, -0.1) is 0 Å². The number of halogens is 3. The van der Waals surface area contributed by atoms with E-state index in [-0.39, 0.29) is 0 Å². The molecule has 0 unspecified atom stereocenters. The van der Waals surface area contributed by atoms with E-state index in [0.717, 1.165) is 24.3 Å². The SMILES string of the molecule is CCNCc1ccc(Oc2cc(Cl)c(Cl)cc2Cl)nc1C. The van der Waals surface area contributed by atoms with Crippen LogP contribution in [0.3, 0.4) is 0 Å². The predicted octanol–water partition coefficient (Wildman–Crippen LogP) is 5.25. The number of nitrogens with zero attached hydrogens (tertiary/aromatic N) is 1. The molecule has 1 aromatic heterocycles. The Bertz CT molecular complexity index is 647. The Kier molecular flexibility index (Phi) is 5.71. The van der Waals surface area contributed by atoms with E-state index < -0.39 is 0 Å². The Balaban J connectivity index is 2.20. The van der Waals surface area contributed by atoms with E-state index in [4.69, 9.17) is 39.5 Å². The molecule has 3 nitrogen and oxygen atoms in total. The van der Waals surface area contributed by atoms with Crippen molar-refractivity contribution in [1.29, 1.82) is 0 Å². The quantitative estimate of drug-likeness (QED) is 0.751. The van der Waals surface area contributed by atoms with Gasteiger partial charge in [0.2, 0.25) is 5.88 Å². The third-order valence-corrected chi connectivity index (χ3v) is 3.94. The van der Waals surface area contributed by atoms with Gasteiger partial charge in [0, 0.05) is 24.4 Å². The first-order chi connectivity index (χ1) is 10.0. The number of nitrogens with one attached hydrogen (secondary N) is 1. The third kappa shape index (κ3) is 4.24. The molecule has 0 saturated carbocycles. The predicted molar refractivity (Wildman–Crippen MR) is 87.9 cm³/mol. The largest absolute Gasteiger partial charge is 0.437 e. The van der Waals surface area contributed by atoms with Crippen molar-refractivity contribution in [2.24, 2.45) is 0 Å². The molecule has 2 aromatic rings. The maximum Gasteiger partial charge on any atom is 0.219 e. The standard InChI is InChI=1S/C15H15Cl3N2O/c1-3-19-8-10-4-5-15(20-9(10)2)21-14-7-12(17)11(16)6-13(14)18/h4-7,19H,3,8H2,1-2H3. The smallest absolute Gasteiger partial charge is 0.219 e. The highest BCUT2D eigenvalue weighted by molar-refractivity contribution is 6.43. The van der Waals surface area contributed by atoms with E-state index in [1.807, 2.05) is 13.0 Å². The minimum atomic E-state index is 0.386. The van der Waals surface area contributed by atoms with Crippen LogP contribution in [-0.4, -0.2) is 11.5 Å². The number of ether oxygens (including phenoxy) is 1. The van der Waals surface area contributed by atoms with Gasteiger partial charge in [0.25, 0.3) is 0 Å². The molecule has 6 heteroatoms. The first-order valence-electron chi connectivity index (χ1n) is 6.51. The molecule has 21 heavy (non-hydrogen) atoms. The fraction of sp³-hybridized carbons (Fsp3) is 0.267. The molecule has 0 fully saturated rings. The summed E-state index contributed by atoms with van der Waals surface area (Å²) in [6, 6.07) is 6.91.